The largest absolute Gasteiger partial charge is 0.394 e. The van der Waals surface area contributed by atoms with Gasteiger partial charge in [-0.2, -0.15) is 0 Å². The lowest BCUT2D eigenvalue weighted by Gasteiger charge is -2.09. The van der Waals surface area contributed by atoms with E-state index in [-0.39, 0.29) is 19.1 Å². The fraction of sp³-hybridized carbons (Fsp3) is 0.833. The van der Waals surface area contributed by atoms with Gasteiger partial charge in [0.05, 0.1) is 12.7 Å². The van der Waals surface area contributed by atoms with Gasteiger partial charge in [-0.25, -0.2) is 0 Å². The summed E-state index contributed by atoms with van der Waals surface area (Å²) in [6.07, 6.45) is -0.908. The zero-order valence-corrected chi connectivity index (χ0v) is 7.01. The summed E-state index contributed by atoms with van der Waals surface area (Å²) in [6.45, 7) is 1.20. The van der Waals surface area contributed by atoms with Crippen LogP contribution >= 0.6 is 11.6 Å². The molecule has 0 spiro atoms. The molecule has 11 heavy (non-hydrogen) atoms. The summed E-state index contributed by atoms with van der Waals surface area (Å²) >= 11 is 5.40. The standard InChI is InChI=1S/C6H12ClNO3/c1-4(7)6(11)8-2-5(10)3-9/h4-5,9-10H,2-3H2,1H3,(H,8,11). The molecule has 5 heteroatoms. The summed E-state index contributed by atoms with van der Waals surface area (Å²) in [7, 11) is 0. The van der Waals surface area contributed by atoms with Crippen molar-refractivity contribution in [3.05, 3.63) is 0 Å². The highest BCUT2D eigenvalue weighted by atomic mass is 35.5. The predicted octanol–water partition coefficient (Wildman–Crippen LogP) is -0.917. The summed E-state index contributed by atoms with van der Waals surface area (Å²) < 4.78 is 0. The Labute approximate surface area is 70.2 Å². The first kappa shape index (κ1) is 10.7. The number of hydrogen-bond acceptors (Lipinski definition) is 3. The van der Waals surface area contributed by atoms with Crippen LogP contribution in [0.15, 0.2) is 0 Å². The molecule has 4 nitrogen and oxygen atoms in total. The molecule has 0 aromatic heterocycles. The molecule has 0 fully saturated rings. The zero-order valence-electron chi connectivity index (χ0n) is 6.25. The van der Waals surface area contributed by atoms with Crippen LogP contribution in [0.5, 0.6) is 0 Å². The first-order valence-electron chi connectivity index (χ1n) is 3.28. The van der Waals surface area contributed by atoms with Crippen molar-refractivity contribution in [2.24, 2.45) is 0 Å². The summed E-state index contributed by atoms with van der Waals surface area (Å²) in [5.74, 6) is -0.348. The van der Waals surface area contributed by atoms with Crippen LogP contribution in [0.1, 0.15) is 6.92 Å². The Bertz CT molecular complexity index is 129. The molecule has 0 aromatic rings. The third-order valence-electron chi connectivity index (χ3n) is 1.08. The van der Waals surface area contributed by atoms with Gasteiger partial charge in [-0.3, -0.25) is 4.79 Å². The molecule has 0 bridgehead atoms. The number of carbonyl (C=O) groups is 1. The monoisotopic (exact) mass is 181 g/mol. The number of carbonyl (C=O) groups excluding carboxylic acids is 1. The van der Waals surface area contributed by atoms with Gasteiger partial charge < -0.3 is 15.5 Å². The number of aliphatic hydroxyl groups is 2. The molecule has 0 radical (unpaired) electrons. The Morgan fingerprint density at radius 3 is 2.64 bits per heavy atom. The van der Waals surface area contributed by atoms with Crippen molar-refractivity contribution in [2.45, 2.75) is 18.4 Å². The van der Waals surface area contributed by atoms with Crippen LogP contribution < -0.4 is 5.32 Å². The van der Waals surface area contributed by atoms with Crippen molar-refractivity contribution in [3.63, 3.8) is 0 Å². The molecular weight excluding hydrogens is 170 g/mol. The maximum Gasteiger partial charge on any atom is 0.237 e. The number of hydrogen-bond donors (Lipinski definition) is 3. The van der Waals surface area contributed by atoms with Crippen LogP contribution in [-0.4, -0.2) is 40.8 Å². The number of rotatable bonds is 4. The molecule has 0 saturated heterocycles. The molecule has 0 aliphatic heterocycles. The van der Waals surface area contributed by atoms with Crippen LogP contribution in [0.3, 0.4) is 0 Å². The summed E-state index contributed by atoms with van der Waals surface area (Å²) in [6, 6.07) is 0. The lowest BCUT2D eigenvalue weighted by molar-refractivity contribution is -0.121. The fourth-order valence-electron chi connectivity index (χ4n) is 0.424. The number of aliphatic hydroxyl groups excluding tert-OH is 2. The van der Waals surface area contributed by atoms with E-state index in [9.17, 15) is 4.79 Å². The van der Waals surface area contributed by atoms with Crippen molar-refractivity contribution in [1.82, 2.24) is 5.32 Å². The van der Waals surface area contributed by atoms with Crippen molar-refractivity contribution >= 4 is 17.5 Å². The van der Waals surface area contributed by atoms with E-state index in [0.29, 0.717) is 0 Å². The molecular formula is C6H12ClNO3. The lowest BCUT2D eigenvalue weighted by atomic mass is 10.3. The minimum atomic E-state index is -0.908. The van der Waals surface area contributed by atoms with Crippen LogP contribution in [0.25, 0.3) is 0 Å². The highest BCUT2D eigenvalue weighted by Crippen LogP contribution is 1.91. The quantitative estimate of drug-likeness (QED) is 0.492. The van der Waals surface area contributed by atoms with Gasteiger partial charge >= 0.3 is 0 Å². The Morgan fingerprint density at radius 1 is 1.73 bits per heavy atom. The van der Waals surface area contributed by atoms with Gasteiger partial charge in [-0.05, 0) is 6.92 Å². The van der Waals surface area contributed by atoms with Gasteiger partial charge in [0, 0.05) is 6.54 Å². The molecule has 0 aromatic carbocycles. The van der Waals surface area contributed by atoms with Gasteiger partial charge in [0.1, 0.15) is 5.38 Å². The molecule has 0 rings (SSSR count). The maximum atomic E-state index is 10.7. The van der Waals surface area contributed by atoms with Crippen LogP contribution in [-0.2, 0) is 4.79 Å². The summed E-state index contributed by atoms with van der Waals surface area (Å²) in [4.78, 5) is 10.7. The third kappa shape index (κ3) is 5.01. The highest BCUT2D eigenvalue weighted by molar-refractivity contribution is 6.30. The zero-order chi connectivity index (χ0) is 8.85. The third-order valence-corrected chi connectivity index (χ3v) is 1.28. The van der Waals surface area contributed by atoms with Crippen LogP contribution in [0.4, 0.5) is 0 Å². The first-order chi connectivity index (χ1) is 5.07. The van der Waals surface area contributed by atoms with E-state index < -0.39 is 11.5 Å². The van der Waals surface area contributed by atoms with Gasteiger partial charge in [0.2, 0.25) is 5.91 Å². The molecule has 3 N–H and O–H groups in total. The van der Waals surface area contributed by atoms with Gasteiger partial charge in [-0.15, -0.1) is 11.6 Å². The van der Waals surface area contributed by atoms with Crippen molar-refractivity contribution in [3.8, 4) is 0 Å². The smallest absolute Gasteiger partial charge is 0.237 e. The van der Waals surface area contributed by atoms with Gasteiger partial charge in [0.25, 0.3) is 0 Å². The first-order valence-corrected chi connectivity index (χ1v) is 3.72. The van der Waals surface area contributed by atoms with Gasteiger partial charge in [0.15, 0.2) is 0 Å². The van der Waals surface area contributed by atoms with E-state index in [1.54, 1.807) is 0 Å². The second-order valence-electron chi connectivity index (χ2n) is 2.20. The van der Waals surface area contributed by atoms with E-state index in [1.807, 2.05) is 0 Å². The Kier molecular flexibility index (Phi) is 5.19. The lowest BCUT2D eigenvalue weighted by Crippen LogP contribution is -2.37. The average Bonchev–Trinajstić information content (AvgIpc) is 1.99. The molecule has 0 heterocycles. The van der Waals surface area contributed by atoms with Gasteiger partial charge in [-0.1, -0.05) is 0 Å². The fourth-order valence-corrected chi connectivity index (χ4v) is 0.501. The number of halogens is 1. The topological polar surface area (TPSA) is 69.6 Å². The van der Waals surface area contributed by atoms with Crippen molar-refractivity contribution < 1.29 is 15.0 Å². The number of alkyl halides is 1. The average molecular weight is 182 g/mol. The van der Waals surface area contributed by atoms with E-state index in [2.05, 4.69) is 5.32 Å². The van der Waals surface area contributed by atoms with E-state index >= 15 is 0 Å². The summed E-state index contributed by atoms with van der Waals surface area (Å²) in [5.41, 5.74) is 0. The Morgan fingerprint density at radius 2 is 2.27 bits per heavy atom. The SMILES string of the molecule is CC(Cl)C(=O)NCC(O)CO. The molecule has 0 aliphatic carbocycles. The predicted molar refractivity (Wildman–Crippen MR) is 41.4 cm³/mol. The normalized spacial score (nSPS) is 15.6. The second kappa shape index (κ2) is 5.35. The molecule has 2 atom stereocenters. The van der Waals surface area contributed by atoms with E-state index in [4.69, 9.17) is 21.8 Å². The van der Waals surface area contributed by atoms with E-state index in [0.717, 1.165) is 0 Å². The molecule has 66 valence electrons. The van der Waals surface area contributed by atoms with E-state index in [1.165, 1.54) is 6.92 Å². The minimum Gasteiger partial charge on any atom is -0.394 e. The van der Waals surface area contributed by atoms with Crippen LogP contribution in [0, 0.1) is 0 Å². The summed E-state index contributed by atoms with van der Waals surface area (Å²) in [5, 5.41) is 18.9. The molecule has 0 saturated carbocycles. The molecule has 1 amide bonds. The van der Waals surface area contributed by atoms with Crippen LogP contribution in [0.2, 0.25) is 0 Å². The highest BCUT2D eigenvalue weighted by Gasteiger charge is 2.09. The Hall–Kier alpha value is -0.320. The van der Waals surface area contributed by atoms with Crippen molar-refractivity contribution in [1.29, 1.82) is 0 Å². The molecule has 0 aliphatic rings. The maximum absolute atomic E-state index is 10.7. The minimum absolute atomic E-state index is 0.0341. The molecule has 2 unspecified atom stereocenters. The Balaban J connectivity index is 3.46. The number of amides is 1. The second-order valence-corrected chi connectivity index (χ2v) is 2.85. The number of nitrogens with one attached hydrogen (secondary N) is 1. The van der Waals surface area contributed by atoms with Crippen molar-refractivity contribution in [2.75, 3.05) is 13.2 Å².